The van der Waals surface area contributed by atoms with E-state index in [1.165, 1.54) is 12.8 Å². The number of nitrogens with one attached hydrogen (secondary N) is 1. The second kappa shape index (κ2) is 5.49. The highest BCUT2D eigenvalue weighted by atomic mass is 16.2. The molecular weight excluding hydrogens is 250 g/mol. The second-order valence-electron chi connectivity index (χ2n) is 5.48. The number of carbonyl (C=O) groups excluding carboxylic acids is 1. The molecule has 4 heteroatoms. The van der Waals surface area contributed by atoms with Crippen LogP contribution in [0.25, 0.3) is 0 Å². The highest BCUT2D eigenvalue weighted by molar-refractivity contribution is 5.93. The molecule has 1 amide bonds. The van der Waals surface area contributed by atoms with Crippen molar-refractivity contribution in [1.29, 1.82) is 0 Å². The topological polar surface area (TPSA) is 49.0 Å². The van der Waals surface area contributed by atoms with Crippen molar-refractivity contribution in [1.82, 2.24) is 15.1 Å². The molecule has 1 aliphatic rings. The lowest BCUT2D eigenvalue weighted by Gasteiger charge is -2.29. The summed E-state index contributed by atoms with van der Waals surface area (Å²) in [7, 11) is 0. The van der Waals surface area contributed by atoms with E-state index in [4.69, 9.17) is 0 Å². The Bertz CT molecular complexity index is 561. The van der Waals surface area contributed by atoms with Gasteiger partial charge in [-0.05, 0) is 31.2 Å². The predicted molar refractivity (Wildman–Crippen MR) is 77.1 cm³/mol. The largest absolute Gasteiger partial charge is 0.331 e. The number of aromatic nitrogens is 2. The first kappa shape index (κ1) is 12.9. The second-order valence-corrected chi connectivity index (χ2v) is 5.48. The molecule has 20 heavy (non-hydrogen) atoms. The van der Waals surface area contributed by atoms with Crippen LogP contribution in [-0.2, 0) is 6.54 Å². The van der Waals surface area contributed by atoms with Crippen LogP contribution in [0, 0.1) is 5.92 Å². The van der Waals surface area contributed by atoms with E-state index < -0.39 is 0 Å². The molecule has 3 rings (SSSR count). The summed E-state index contributed by atoms with van der Waals surface area (Å²) in [5, 5.41) is 6.60. The van der Waals surface area contributed by atoms with E-state index in [-0.39, 0.29) is 11.9 Å². The van der Waals surface area contributed by atoms with Gasteiger partial charge in [-0.1, -0.05) is 30.3 Å². The Hall–Kier alpha value is -2.10. The molecule has 0 radical (unpaired) electrons. The molecule has 1 N–H and O–H groups in total. The maximum absolute atomic E-state index is 12.6. The van der Waals surface area contributed by atoms with Gasteiger partial charge < -0.3 is 4.90 Å². The molecule has 1 atom stereocenters. The zero-order valence-electron chi connectivity index (χ0n) is 11.6. The quantitative estimate of drug-likeness (QED) is 0.907. The molecule has 1 saturated carbocycles. The summed E-state index contributed by atoms with van der Waals surface area (Å²) in [6.45, 7) is 2.81. The number of amides is 1. The first-order chi connectivity index (χ1) is 9.75. The molecule has 0 aliphatic heterocycles. The Morgan fingerprint density at radius 3 is 2.75 bits per heavy atom. The van der Waals surface area contributed by atoms with Gasteiger partial charge in [-0.15, -0.1) is 0 Å². The maximum Gasteiger partial charge on any atom is 0.257 e. The Balaban J connectivity index is 1.82. The van der Waals surface area contributed by atoms with E-state index in [0.29, 0.717) is 18.0 Å². The van der Waals surface area contributed by atoms with Crippen LogP contribution in [0.4, 0.5) is 0 Å². The molecule has 1 aromatic carbocycles. The molecule has 104 valence electrons. The van der Waals surface area contributed by atoms with Crippen LogP contribution < -0.4 is 0 Å². The third-order valence-electron chi connectivity index (χ3n) is 4.00. The van der Waals surface area contributed by atoms with Crippen LogP contribution in [0.1, 0.15) is 35.7 Å². The molecule has 1 fully saturated rings. The monoisotopic (exact) mass is 269 g/mol. The van der Waals surface area contributed by atoms with Gasteiger partial charge in [0.05, 0.1) is 11.8 Å². The summed E-state index contributed by atoms with van der Waals surface area (Å²) >= 11 is 0. The summed E-state index contributed by atoms with van der Waals surface area (Å²) in [5.74, 6) is 0.705. The van der Waals surface area contributed by atoms with Crippen LogP contribution in [0.5, 0.6) is 0 Å². The van der Waals surface area contributed by atoms with Gasteiger partial charge >= 0.3 is 0 Å². The minimum absolute atomic E-state index is 0.0574. The average Bonchev–Trinajstić information content (AvgIpc) is 3.19. The van der Waals surface area contributed by atoms with Crippen molar-refractivity contribution in [2.75, 3.05) is 0 Å². The van der Waals surface area contributed by atoms with Crippen LogP contribution >= 0.6 is 0 Å². The van der Waals surface area contributed by atoms with Crippen molar-refractivity contribution in [3.05, 3.63) is 53.9 Å². The smallest absolute Gasteiger partial charge is 0.257 e. The Labute approximate surface area is 118 Å². The van der Waals surface area contributed by atoms with Crippen molar-refractivity contribution < 1.29 is 4.79 Å². The minimum Gasteiger partial charge on any atom is -0.331 e. The summed E-state index contributed by atoms with van der Waals surface area (Å²) in [5.41, 5.74) is 1.80. The summed E-state index contributed by atoms with van der Waals surface area (Å²) < 4.78 is 0. The van der Waals surface area contributed by atoms with Gasteiger partial charge in [-0.2, -0.15) is 5.10 Å². The fourth-order valence-electron chi connectivity index (χ4n) is 2.55. The van der Waals surface area contributed by atoms with Gasteiger partial charge in [0.25, 0.3) is 5.91 Å². The number of carbonyl (C=O) groups is 1. The van der Waals surface area contributed by atoms with Crippen LogP contribution in [0.3, 0.4) is 0 Å². The number of H-pyrrole nitrogens is 1. The van der Waals surface area contributed by atoms with E-state index in [9.17, 15) is 4.79 Å². The van der Waals surface area contributed by atoms with E-state index >= 15 is 0 Å². The minimum atomic E-state index is 0.0574. The van der Waals surface area contributed by atoms with Crippen molar-refractivity contribution in [2.24, 2.45) is 5.92 Å². The Morgan fingerprint density at radius 2 is 2.15 bits per heavy atom. The molecule has 0 spiro atoms. The first-order valence-electron chi connectivity index (χ1n) is 7.09. The zero-order valence-corrected chi connectivity index (χ0v) is 11.6. The predicted octanol–water partition coefficient (Wildman–Crippen LogP) is 2.85. The zero-order chi connectivity index (χ0) is 13.9. The van der Waals surface area contributed by atoms with E-state index in [1.54, 1.807) is 12.4 Å². The highest BCUT2D eigenvalue weighted by Crippen LogP contribution is 2.36. The third kappa shape index (κ3) is 2.74. The average molecular weight is 269 g/mol. The van der Waals surface area contributed by atoms with Crippen LogP contribution in [-0.4, -0.2) is 27.0 Å². The number of hydrogen-bond donors (Lipinski definition) is 1. The molecule has 1 heterocycles. The maximum atomic E-state index is 12.6. The van der Waals surface area contributed by atoms with Crippen LogP contribution in [0.15, 0.2) is 42.7 Å². The molecule has 1 aliphatic carbocycles. The molecule has 1 unspecified atom stereocenters. The van der Waals surface area contributed by atoms with Gasteiger partial charge in [0.15, 0.2) is 0 Å². The van der Waals surface area contributed by atoms with Gasteiger partial charge in [0.1, 0.15) is 0 Å². The summed E-state index contributed by atoms with van der Waals surface area (Å²) in [4.78, 5) is 14.6. The number of hydrogen-bond acceptors (Lipinski definition) is 2. The van der Waals surface area contributed by atoms with Crippen LogP contribution in [0.2, 0.25) is 0 Å². The number of nitrogens with zero attached hydrogens (tertiary/aromatic N) is 2. The van der Waals surface area contributed by atoms with Gasteiger partial charge in [0.2, 0.25) is 0 Å². The number of aromatic amines is 1. The van der Waals surface area contributed by atoms with E-state index in [1.807, 2.05) is 23.1 Å². The molecule has 0 bridgehead atoms. The molecule has 4 nitrogen and oxygen atoms in total. The molecular formula is C16H19N3O. The van der Waals surface area contributed by atoms with Gasteiger partial charge in [-0.3, -0.25) is 9.89 Å². The fourth-order valence-corrected chi connectivity index (χ4v) is 2.55. The van der Waals surface area contributed by atoms with Crippen molar-refractivity contribution in [2.45, 2.75) is 32.4 Å². The first-order valence-corrected chi connectivity index (χ1v) is 7.09. The summed E-state index contributed by atoms with van der Waals surface area (Å²) in [6, 6.07) is 10.4. The molecule has 0 saturated heterocycles. The van der Waals surface area contributed by atoms with Crippen molar-refractivity contribution >= 4 is 5.91 Å². The number of benzene rings is 1. The fraction of sp³-hybridized carbons (Fsp3) is 0.375. The van der Waals surface area contributed by atoms with Crippen molar-refractivity contribution in [3.63, 3.8) is 0 Å². The SMILES string of the molecule is CC(C1CC1)N(Cc1ccccc1)C(=O)c1cn[nH]c1. The lowest BCUT2D eigenvalue weighted by atomic mass is 10.1. The van der Waals surface area contributed by atoms with Crippen molar-refractivity contribution in [3.8, 4) is 0 Å². The highest BCUT2D eigenvalue weighted by Gasteiger charge is 2.34. The summed E-state index contributed by atoms with van der Waals surface area (Å²) in [6.07, 6.45) is 5.72. The lowest BCUT2D eigenvalue weighted by Crippen LogP contribution is -2.39. The third-order valence-corrected chi connectivity index (χ3v) is 4.00. The lowest BCUT2D eigenvalue weighted by molar-refractivity contribution is 0.0654. The van der Waals surface area contributed by atoms with E-state index in [2.05, 4.69) is 29.3 Å². The number of rotatable bonds is 5. The van der Waals surface area contributed by atoms with Gasteiger partial charge in [0, 0.05) is 18.8 Å². The van der Waals surface area contributed by atoms with Gasteiger partial charge in [-0.25, -0.2) is 0 Å². The molecule has 1 aromatic heterocycles. The normalized spacial score (nSPS) is 15.8. The molecule has 2 aromatic rings. The standard InChI is InChI=1S/C16H19N3O/c1-12(14-7-8-14)19(11-13-5-3-2-4-6-13)16(20)15-9-17-18-10-15/h2-6,9-10,12,14H,7-8,11H2,1H3,(H,17,18). The Morgan fingerprint density at radius 1 is 1.40 bits per heavy atom. The van der Waals surface area contributed by atoms with E-state index in [0.717, 1.165) is 5.56 Å². The Kier molecular flexibility index (Phi) is 3.54.